The summed E-state index contributed by atoms with van der Waals surface area (Å²) in [5.41, 5.74) is 0.807. The molecule has 3 aromatic rings. The number of anilines is 1. The van der Waals surface area contributed by atoms with E-state index in [9.17, 15) is 18.3 Å². The lowest BCUT2D eigenvalue weighted by Gasteiger charge is -2.26. The van der Waals surface area contributed by atoms with Gasteiger partial charge >= 0.3 is 5.63 Å². The lowest BCUT2D eigenvalue weighted by Crippen LogP contribution is -2.21. The summed E-state index contributed by atoms with van der Waals surface area (Å²) in [5, 5.41) is 11.1. The van der Waals surface area contributed by atoms with E-state index in [1.165, 1.54) is 12.5 Å². The van der Waals surface area contributed by atoms with Crippen molar-refractivity contribution in [3.63, 3.8) is 0 Å². The highest BCUT2D eigenvalue weighted by Gasteiger charge is 2.38. The normalized spacial score (nSPS) is 19.7. The molecular weight excluding hydrogens is 506 g/mol. The summed E-state index contributed by atoms with van der Waals surface area (Å²) in [7, 11) is -2.17. The molecule has 38 heavy (non-hydrogen) atoms. The maximum Gasteiger partial charge on any atom is 0.343 e. The summed E-state index contributed by atoms with van der Waals surface area (Å²) in [6.07, 6.45) is 8.44. The van der Waals surface area contributed by atoms with Gasteiger partial charge in [0.25, 0.3) is 10.0 Å². The van der Waals surface area contributed by atoms with Gasteiger partial charge in [-0.15, -0.1) is 0 Å². The summed E-state index contributed by atoms with van der Waals surface area (Å²) in [6.45, 7) is 3.57. The van der Waals surface area contributed by atoms with Crippen LogP contribution in [0.3, 0.4) is 0 Å². The number of nitrogens with one attached hydrogen (secondary N) is 1. The Balaban J connectivity index is 1.43. The number of imidazole rings is 1. The minimum atomic E-state index is -3.87. The summed E-state index contributed by atoms with van der Waals surface area (Å²) in [5.74, 6) is 0.655. The van der Waals surface area contributed by atoms with Crippen LogP contribution in [0, 0.1) is 11.8 Å². The maximum absolute atomic E-state index is 13.3. The van der Waals surface area contributed by atoms with Crippen LogP contribution in [0.2, 0.25) is 0 Å². The maximum atomic E-state index is 13.3. The fourth-order valence-electron chi connectivity index (χ4n) is 5.51. The average molecular weight is 542 g/mol. The molecule has 3 atom stereocenters. The molecule has 2 aromatic heterocycles. The van der Waals surface area contributed by atoms with Crippen molar-refractivity contribution in [1.82, 2.24) is 9.55 Å². The van der Waals surface area contributed by atoms with Crippen molar-refractivity contribution >= 4 is 15.7 Å². The van der Waals surface area contributed by atoms with Gasteiger partial charge in [0, 0.05) is 50.0 Å². The monoisotopic (exact) mass is 541 g/mol. The molecule has 2 fully saturated rings. The number of aryl methyl sites for hydroxylation is 1. The molecule has 1 saturated heterocycles. The van der Waals surface area contributed by atoms with E-state index in [1.807, 2.05) is 6.07 Å². The largest absolute Gasteiger partial charge is 0.507 e. The van der Waals surface area contributed by atoms with Gasteiger partial charge in [-0.3, -0.25) is 4.72 Å². The van der Waals surface area contributed by atoms with Gasteiger partial charge in [-0.05, 0) is 68.1 Å². The first-order valence-electron chi connectivity index (χ1n) is 13.3. The molecule has 0 spiro atoms. The summed E-state index contributed by atoms with van der Waals surface area (Å²) in [6, 6.07) is 8.58. The second-order valence-electron chi connectivity index (χ2n) is 10.6. The van der Waals surface area contributed by atoms with E-state index in [0.29, 0.717) is 17.4 Å². The third kappa shape index (κ3) is 5.81. The minimum absolute atomic E-state index is 0.0260. The number of rotatable bonds is 10. The molecule has 3 unspecified atom stereocenters. The first-order chi connectivity index (χ1) is 18.2. The Bertz CT molecular complexity index is 1440. The molecule has 2 N–H and O–H groups in total. The van der Waals surface area contributed by atoms with Crippen LogP contribution in [0.4, 0.5) is 5.69 Å². The van der Waals surface area contributed by atoms with Gasteiger partial charge in [0.1, 0.15) is 11.5 Å². The number of hydrogen-bond donors (Lipinski definition) is 2. The topological polar surface area (TPSA) is 124 Å². The predicted molar refractivity (Wildman–Crippen MR) is 143 cm³/mol. The van der Waals surface area contributed by atoms with Crippen LogP contribution >= 0.6 is 0 Å². The molecule has 1 aliphatic carbocycles. The molecule has 1 saturated carbocycles. The van der Waals surface area contributed by atoms with Gasteiger partial charge in [-0.1, -0.05) is 19.1 Å². The van der Waals surface area contributed by atoms with Crippen LogP contribution in [0.15, 0.2) is 57.1 Å². The third-order valence-corrected chi connectivity index (χ3v) is 8.88. The van der Waals surface area contributed by atoms with Crippen LogP contribution < -0.4 is 10.3 Å². The Morgan fingerprint density at radius 3 is 2.68 bits per heavy atom. The first kappa shape index (κ1) is 26.5. The molecule has 5 rings (SSSR count). The first-order valence-corrected chi connectivity index (χ1v) is 14.8. The lowest BCUT2D eigenvalue weighted by atomic mass is 9.85. The van der Waals surface area contributed by atoms with Gasteiger partial charge in [-0.25, -0.2) is 9.78 Å². The highest BCUT2D eigenvalue weighted by atomic mass is 32.2. The molecule has 3 heterocycles. The van der Waals surface area contributed by atoms with Crippen molar-refractivity contribution in [3.05, 3.63) is 70.2 Å². The molecule has 0 radical (unpaired) electrons. The van der Waals surface area contributed by atoms with Crippen molar-refractivity contribution < 1.29 is 22.7 Å². The summed E-state index contributed by atoms with van der Waals surface area (Å²) >= 11 is 0. The van der Waals surface area contributed by atoms with Crippen LogP contribution in [-0.4, -0.2) is 36.3 Å². The van der Waals surface area contributed by atoms with E-state index >= 15 is 0 Å². The molecule has 10 heteroatoms. The number of hydrogen-bond acceptors (Lipinski definition) is 7. The van der Waals surface area contributed by atoms with Crippen molar-refractivity contribution in [3.8, 4) is 5.75 Å². The van der Waals surface area contributed by atoms with Crippen LogP contribution in [0.25, 0.3) is 0 Å². The fraction of sp³-hybridized carbons (Fsp3) is 0.500. The average Bonchev–Trinajstić information content (AvgIpc) is 3.63. The van der Waals surface area contributed by atoms with Crippen molar-refractivity contribution in [1.29, 1.82) is 0 Å². The van der Waals surface area contributed by atoms with Gasteiger partial charge in [0.15, 0.2) is 5.03 Å². The van der Waals surface area contributed by atoms with Crippen molar-refractivity contribution in [2.45, 2.75) is 62.3 Å². The Morgan fingerprint density at radius 2 is 2.05 bits per heavy atom. The molecule has 1 aliphatic heterocycles. The second-order valence-corrected chi connectivity index (χ2v) is 12.2. The van der Waals surface area contributed by atoms with Gasteiger partial charge in [-0.2, -0.15) is 8.42 Å². The summed E-state index contributed by atoms with van der Waals surface area (Å²) in [4.78, 5) is 17.3. The molecule has 204 valence electrons. The SMILES string of the molecule is CCC(CC1CCCOC1)c1cc(O)c(C(c2cccc(NS(=O)(=O)c3cn(C)cn3)c2)C2CC2)c(=O)o1. The Labute approximate surface area is 222 Å². The van der Waals surface area contributed by atoms with Gasteiger partial charge < -0.3 is 18.8 Å². The highest BCUT2D eigenvalue weighted by Crippen LogP contribution is 2.48. The highest BCUT2D eigenvalue weighted by molar-refractivity contribution is 7.92. The lowest BCUT2D eigenvalue weighted by molar-refractivity contribution is 0.0477. The Kier molecular flexibility index (Phi) is 7.63. The standard InChI is InChI=1S/C28H35N3O6S/c1-3-19(12-18-6-5-11-36-16-18)24-14-23(32)27(28(33)37-24)26(20-9-10-20)21-7-4-8-22(13-21)30-38(34,35)25-15-31(2)17-29-25/h4,7-8,13-15,17-20,26,30,32H,3,5-6,9-12,16H2,1-2H3. The van der Waals surface area contributed by atoms with E-state index < -0.39 is 21.6 Å². The molecular formula is C28H35N3O6S. The quantitative estimate of drug-likeness (QED) is 0.380. The Morgan fingerprint density at radius 1 is 1.24 bits per heavy atom. The van der Waals surface area contributed by atoms with Crippen LogP contribution in [0.1, 0.15) is 74.2 Å². The van der Waals surface area contributed by atoms with E-state index in [-0.39, 0.29) is 28.2 Å². The van der Waals surface area contributed by atoms with Crippen LogP contribution in [0.5, 0.6) is 5.75 Å². The van der Waals surface area contributed by atoms with Gasteiger partial charge in [0.2, 0.25) is 0 Å². The molecule has 9 nitrogen and oxygen atoms in total. The number of aromatic hydroxyl groups is 1. The molecule has 0 amide bonds. The number of nitrogens with zero attached hydrogens (tertiary/aromatic N) is 2. The second kappa shape index (κ2) is 10.9. The van der Waals surface area contributed by atoms with Gasteiger partial charge in [0.05, 0.1) is 11.9 Å². The van der Waals surface area contributed by atoms with E-state index in [0.717, 1.165) is 57.3 Å². The molecule has 1 aromatic carbocycles. The number of aromatic nitrogens is 2. The number of sulfonamides is 1. The zero-order chi connectivity index (χ0) is 26.9. The van der Waals surface area contributed by atoms with E-state index in [2.05, 4.69) is 16.6 Å². The summed E-state index contributed by atoms with van der Waals surface area (Å²) < 4.78 is 41.2. The minimum Gasteiger partial charge on any atom is -0.507 e. The van der Waals surface area contributed by atoms with Crippen molar-refractivity contribution in [2.75, 3.05) is 17.9 Å². The zero-order valence-corrected chi connectivity index (χ0v) is 22.6. The number of ether oxygens (including phenoxy) is 1. The Hall–Kier alpha value is -3.11. The predicted octanol–water partition coefficient (Wildman–Crippen LogP) is 4.73. The van der Waals surface area contributed by atoms with E-state index in [4.69, 9.17) is 9.15 Å². The molecule has 2 aliphatic rings. The van der Waals surface area contributed by atoms with Crippen LogP contribution in [-0.2, 0) is 21.8 Å². The third-order valence-electron chi connectivity index (χ3n) is 7.61. The number of benzene rings is 1. The van der Waals surface area contributed by atoms with Crippen molar-refractivity contribution in [2.24, 2.45) is 18.9 Å². The zero-order valence-electron chi connectivity index (χ0n) is 21.8. The molecule has 0 bridgehead atoms. The smallest absolute Gasteiger partial charge is 0.343 e. The fourth-order valence-corrected chi connectivity index (χ4v) is 6.54. The van der Waals surface area contributed by atoms with E-state index in [1.54, 1.807) is 35.9 Å².